The van der Waals surface area contributed by atoms with Gasteiger partial charge in [-0.1, -0.05) is 54.6 Å². The molecule has 0 spiro atoms. The molecule has 0 bridgehead atoms. The molecule has 4 heteroatoms. The van der Waals surface area contributed by atoms with Crippen molar-refractivity contribution in [2.75, 3.05) is 6.54 Å². The maximum absolute atomic E-state index is 12.9. The van der Waals surface area contributed by atoms with Crippen molar-refractivity contribution >= 4 is 6.03 Å². The molecule has 3 aromatic rings. The van der Waals surface area contributed by atoms with E-state index in [9.17, 15) is 4.79 Å². The van der Waals surface area contributed by atoms with Gasteiger partial charge in [0.2, 0.25) is 0 Å². The van der Waals surface area contributed by atoms with Crippen molar-refractivity contribution in [3.63, 3.8) is 0 Å². The number of nitrogens with zero attached hydrogens (tertiary/aromatic N) is 3. The number of aromatic nitrogens is 2. The van der Waals surface area contributed by atoms with Crippen LogP contribution in [0.1, 0.15) is 22.7 Å². The molecule has 23 heavy (non-hydrogen) atoms. The van der Waals surface area contributed by atoms with Crippen LogP contribution < -0.4 is 0 Å². The van der Waals surface area contributed by atoms with E-state index in [0.29, 0.717) is 6.54 Å². The monoisotopic (exact) mass is 303 g/mol. The molecule has 114 valence electrons. The average molecular weight is 303 g/mol. The zero-order valence-corrected chi connectivity index (χ0v) is 12.7. The first-order valence-corrected chi connectivity index (χ1v) is 7.76. The van der Waals surface area contributed by atoms with Gasteiger partial charge in [-0.3, -0.25) is 4.57 Å². The molecule has 1 aromatic heterocycles. The smallest absolute Gasteiger partial charge is 0.313 e. The predicted molar refractivity (Wildman–Crippen MR) is 88.2 cm³/mol. The first-order chi connectivity index (χ1) is 11.3. The quantitative estimate of drug-likeness (QED) is 0.690. The lowest BCUT2D eigenvalue weighted by molar-refractivity contribution is 0.181. The van der Waals surface area contributed by atoms with Crippen LogP contribution in [-0.2, 0) is 6.42 Å². The summed E-state index contributed by atoms with van der Waals surface area (Å²) >= 11 is 0. The lowest BCUT2D eigenvalue weighted by atomic mass is 9.88. The molecule has 0 radical (unpaired) electrons. The summed E-state index contributed by atoms with van der Waals surface area (Å²) in [5, 5.41) is 0. The van der Waals surface area contributed by atoms with Crippen LogP contribution in [0.25, 0.3) is 0 Å². The van der Waals surface area contributed by atoms with Crippen molar-refractivity contribution in [3.05, 3.63) is 90.0 Å². The number of amides is 1. The minimum Gasteiger partial charge on any atom is -0.313 e. The predicted octanol–water partition coefficient (Wildman–Crippen LogP) is 3.50. The Morgan fingerprint density at radius 2 is 1.83 bits per heavy atom. The third-order valence-corrected chi connectivity index (χ3v) is 4.37. The van der Waals surface area contributed by atoms with Crippen LogP contribution in [0.3, 0.4) is 0 Å². The van der Waals surface area contributed by atoms with Crippen LogP contribution in [0.2, 0.25) is 0 Å². The minimum absolute atomic E-state index is 0.0362. The first kappa shape index (κ1) is 13.8. The number of carbonyl (C=O) groups excluding carboxylic acids is 1. The van der Waals surface area contributed by atoms with Crippen LogP contribution >= 0.6 is 0 Å². The summed E-state index contributed by atoms with van der Waals surface area (Å²) in [6, 6.07) is 18.5. The molecule has 1 aliphatic heterocycles. The fourth-order valence-corrected chi connectivity index (χ4v) is 3.29. The largest absolute Gasteiger partial charge is 0.330 e. The second kappa shape index (κ2) is 5.72. The highest BCUT2D eigenvalue weighted by molar-refractivity contribution is 5.78. The van der Waals surface area contributed by atoms with E-state index in [4.69, 9.17) is 0 Å². The topological polar surface area (TPSA) is 38.1 Å². The third kappa shape index (κ3) is 2.42. The Kier molecular flexibility index (Phi) is 3.42. The number of carbonyl (C=O) groups is 1. The Hall–Kier alpha value is -2.88. The van der Waals surface area contributed by atoms with Crippen molar-refractivity contribution in [2.24, 2.45) is 0 Å². The number of hydrogen-bond donors (Lipinski definition) is 0. The molecule has 2 heterocycles. The summed E-state index contributed by atoms with van der Waals surface area (Å²) in [5.41, 5.74) is 3.66. The molecule has 2 aromatic carbocycles. The second-order valence-electron chi connectivity index (χ2n) is 5.71. The standard InChI is InChI=1S/C19H17N3O/c23-19(21-13-11-20-14-21)22-12-10-15-6-4-5-9-17(15)18(22)16-7-2-1-3-8-16/h1-9,11,13-14,18H,10,12H2. The normalized spacial score (nSPS) is 16.9. The van der Waals surface area contributed by atoms with Crippen LogP contribution in [0, 0.1) is 0 Å². The summed E-state index contributed by atoms with van der Waals surface area (Å²) in [5.74, 6) is 0. The Bertz CT molecular complexity index is 812. The van der Waals surface area contributed by atoms with Crippen LogP contribution in [0.15, 0.2) is 73.3 Å². The minimum atomic E-state index is -0.0592. The molecule has 0 saturated heterocycles. The number of benzene rings is 2. The molecular weight excluding hydrogens is 286 g/mol. The fraction of sp³-hybridized carbons (Fsp3) is 0.158. The van der Waals surface area contributed by atoms with Crippen LogP contribution in [0.4, 0.5) is 4.79 Å². The highest BCUT2D eigenvalue weighted by Gasteiger charge is 2.32. The zero-order chi connectivity index (χ0) is 15.6. The van der Waals surface area contributed by atoms with Gasteiger partial charge in [-0.15, -0.1) is 0 Å². The summed E-state index contributed by atoms with van der Waals surface area (Å²) in [6.45, 7) is 0.702. The number of imidazole rings is 1. The Morgan fingerprint density at radius 3 is 2.61 bits per heavy atom. The molecule has 0 fully saturated rings. The Balaban J connectivity index is 1.81. The molecule has 1 aliphatic rings. The zero-order valence-electron chi connectivity index (χ0n) is 12.7. The first-order valence-electron chi connectivity index (χ1n) is 7.76. The van der Waals surface area contributed by atoms with Gasteiger partial charge in [0, 0.05) is 18.9 Å². The number of rotatable bonds is 1. The van der Waals surface area contributed by atoms with Gasteiger partial charge in [0.25, 0.3) is 0 Å². The molecule has 1 unspecified atom stereocenters. The summed E-state index contributed by atoms with van der Waals surface area (Å²) in [6.07, 6.45) is 5.77. The average Bonchev–Trinajstić information content (AvgIpc) is 3.15. The molecule has 4 rings (SSSR count). The highest BCUT2D eigenvalue weighted by Crippen LogP contribution is 2.35. The fourth-order valence-electron chi connectivity index (χ4n) is 3.29. The molecule has 0 N–H and O–H groups in total. The Morgan fingerprint density at radius 1 is 1.04 bits per heavy atom. The van der Waals surface area contributed by atoms with Gasteiger partial charge in [0.05, 0.1) is 6.04 Å². The van der Waals surface area contributed by atoms with Crippen LogP contribution in [0.5, 0.6) is 0 Å². The van der Waals surface area contributed by atoms with Crippen molar-refractivity contribution in [3.8, 4) is 0 Å². The van der Waals surface area contributed by atoms with Crippen molar-refractivity contribution < 1.29 is 4.79 Å². The van der Waals surface area contributed by atoms with E-state index in [2.05, 4.69) is 35.3 Å². The van der Waals surface area contributed by atoms with Gasteiger partial charge in [0.1, 0.15) is 6.33 Å². The second-order valence-corrected chi connectivity index (χ2v) is 5.71. The van der Waals surface area contributed by atoms with Gasteiger partial charge < -0.3 is 4.90 Å². The highest BCUT2D eigenvalue weighted by atomic mass is 16.2. The van der Waals surface area contributed by atoms with E-state index in [1.165, 1.54) is 11.1 Å². The molecule has 4 nitrogen and oxygen atoms in total. The third-order valence-electron chi connectivity index (χ3n) is 4.37. The maximum Gasteiger partial charge on any atom is 0.330 e. The summed E-state index contributed by atoms with van der Waals surface area (Å²) in [4.78, 5) is 18.8. The van der Waals surface area contributed by atoms with Crippen LogP contribution in [-0.4, -0.2) is 27.0 Å². The van der Waals surface area contributed by atoms with Gasteiger partial charge >= 0.3 is 6.03 Å². The lowest BCUT2D eigenvalue weighted by Crippen LogP contribution is -2.42. The van der Waals surface area contributed by atoms with Gasteiger partial charge in [-0.25, -0.2) is 9.78 Å². The van der Waals surface area contributed by atoms with Crippen molar-refractivity contribution in [1.82, 2.24) is 14.5 Å². The number of hydrogen-bond acceptors (Lipinski definition) is 2. The number of fused-ring (bicyclic) bond motifs is 1. The summed E-state index contributed by atoms with van der Waals surface area (Å²) in [7, 11) is 0. The lowest BCUT2D eigenvalue weighted by Gasteiger charge is -2.37. The molecule has 0 saturated carbocycles. The van der Waals surface area contributed by atoms with E-state index in [0.717, 1.165) is 12.0 Å². The SMILES string of the molecule is O=C(N1CCc2ccccc2C1c1ccccc1)n1ccnc1. The van der Waals surface area contributed by atoms with E-state index in [1.54, 1.807) is 23.3 Å². The summed E-state index contributed by atoms with van der Waals surface area (Å²) < 4.78 is 1.55. The van der Waals surface area contributed by atoms with Gasteiger partial charge in [-0.05, 0) is 23.1 Å². The van der Waals surface area contributed by atoms with E-state index >= 15 is 0 Å². The van der Waals surface area contributed by atoms with E-state index in [-0.39, 0.29) is 12.1 Å². The van der Waals surface area contributed by atoms with Gasteiger partial charge in [0.15, 0.2) is 0 Å². The van der Waals surface area contributed by atoms with Crippen molar-refractivity contribution in [1.29, 1.82) is 0 Å². The molecule has 1 amide bonds. The van der Waals surface area contributed by atoms with Crippen molar-refractivity contribution in [2.45, 2.75) is 12.5 Å². The Labute approximate surface area is 135 Å². The van der Waals surface area contributed by atoms with E-state index < -0.39 is 0 Å². The van der Waals surface area contributed by atoms with Gasteiger partial charge in [-0.2, -0.15) is 0 Å². The van der Waals surface area contributed by atoms with E-state index in [1.807, 2.05) is 29.2 Å². The molecule has 1 atom stereocenters. The maximum atomic E-state index is 12.9. The molecule has 0 aliphatic carbocycles. The molecular formula is C19H17N3O.